The molecule has 0 aliphatic carbocycles. The summed E-state index contributed by atoms with van der Waals surface area (Å²) in [6.45, 7) is 4.17. The predicted molar refractivity (Wildman–Crippen MR) is 77.8 cm³/mol. The van der Waals surface area contributed by atoms with Crippen LogP contribution in [0.3, 0.4) is 0 Å². The molecule has 1 aliphatic rings. The molecule has 0 amide bonds. The van der Waals surface area contributed by atoms with Crippen LogP contribution in [0.1, 0.15) is 5.69 Å². The number of aryl methyl sites for hydroxylation is 1. The topological polar surface area (TPSA) is 55.2 Å². The molecule has 0 spiro atoms. The Bertz CT molecular complexity index is 562. The molecular formula is C14H19N5O. The minimum absolute atomic E-state index is 0.713. The van der Waals surface area contributed by atoms with Gasteiger partial charge in [0.05, 0.1) is 43.0 Å². The predicted octanol–water partition coefficient (Wildman–Crippen LogP) is 1.26. The van der Waals surface area contributed by atoms with E-state index in [-0.39, 0.29) is 0 Å². The van der Waals surface area contributed by atoms with Crippen molar-refractivity contribution < 1.29 is 4.74 Å². The first-order valence-electron chi connectivity index (χ1n) is 6.84. The molecule has 1 aromatic heterocycles. The van der Waals surface area contributed by atoms with Gasteiger partial charge in [0, 0.05) is 20.1 Å². The lowest BCUT2D eigenvalue weighted by Crippen LogP contribution is -2.36. The van der Waals surface area contributed by atoms with Crippen LogP contribution in [0.2, 0.25) is 0 Å². The van der Waals surface area contributed by atoms with Gasteiger partial charge in [0.25, 0.3) is 0 Å². The number of aromatic nitrogens is 3. The third-order valence-corrected chi connectivity index (χ3v) is 3.52. The molecule has 106 valence electrons. The average molecular weight is 273 g/mol. The normalized spacial score (nSPS) is 15.3. The first-order valence-corrected chi connectivity index (χ1v) is 6.84. The Morgan fingerprint density at radius 1 is 1.25 bits per heavy atom. The van der Waals surface area contributed by atoms with Crippen molar-refractivity contribution in [1.82, 2.24) is 15.0 Å². The van der Waals surface area contributed by atoms with E-state index in [0.717, 1.165) is 37.7 Å². The number of para-hydroxylation sites is 2. The summed E-state index contributed by atoms with van der Waals surface area (Å²) in [4.78, 5) is 2.35. The molecule has 0 bridgehead atoms. The van der Waals surface area contributed by atoms with Crippen LogP contribution in [-0.4, -0.2) is 41.3 Å². The fourth-order valence-corrected chi connectivity index (χ4v) is 2.36. The number of anilines is 2. The molecule has 2 heterocycles. The fraction of sp³-hybridized carbons (Fsp3) is 0.429. The molecule has 0 atom stereocenters. The molecule has 3 rings (SSSR count). The van der Waals surface area contributed by atoms with E-state index < -0.39 is 0 Å². The van der Waals surface area contributed by atoms with Gasteiger partial charge in [-0.05, 0) is 12.1 Å². The summed E-state index contributed by atoms with van der Waals surface area (Å²) in [7, 11) is 1.90. The highest BCUT2D eigenvalue weighted by Crippen LogP contribution is 2.26. The molecule has 2 aromatic rings. The zero-order valence-electron chi connectivity index (χ0n) is 11.6. The maximum Gasteiger partial charge on any atom is 0.0774 e. The lowest BCUT2D eigenvalue weighted by atomic mass is 10.2. The van der Waals surface area contributed by atoms with E-state index in [2.05, 4.69) is 38.7 Å². The van der Waals surface area contributed by atoms with E-state index in [1.807, 2.05) is 13.1 Å². The number of rotatable bonds is 4. The van der Waals surface area contributed by atoms with Crippen molar-refractivity contribution in [1.29, 1.82) is 0 Å². The van der Waals surface area contributed by atoms with Gasteiger partial charge in [0.1, 0.15) is 0 Å². The average Bonchev–Trinajstić information content (AvgIpc) is 2.92. The second kappa shape index (κ2) is 5.92. The van der Waals surface area contributed by atoms with Gasteiger partial charge in [-0.1, -0.05) is 17.3 Å². The molecule has 0 saturated carbocycles. The molecule has 0 unspecified atom stereocenters. The van der Waals surface area contributed by atoms with Crippen molar-refractivity contribution >= 4 is 11.4 Å². The van der Waals surface area contributed by atoms with E-state index >= 15 is 0 Å². The molecule has 1 N–H and O–H groups in total. The lowest BCUT2D eigenvalue weighted by Gasteiger charge is -2.30. The van der Waals surface area contributed by atoms with Gasteiger partial charge in [0.2, 0.25) is 0 Å². The molecule has 20 heavy (non-hydrogen) atoms. The number of hydrogen-bond acceptors (Lipinski definition) is 5. The van der Waals surface area contributed by atoms with Crippen molar-refractivity contribution in [2.24, 2.45) is 7.05 Å². The molecule has 1 saturated heterocycles. The standard InChI is InChI=1S/C14H19N5O/c1-18-12(11-16-17-18)10-15-13-4-2-3-5-14(13)19-6-8-20-9-7-19/h2-5,11,15H,6-10H2,1H3. The van der Waals surface area contributed by atoms with Crippen LogP contribution in [0.15, 0.2) is 30.5 Å². The Kier molecular flexibility index (Phi) is 3.83. The number of benzene rings is 1. The van der Waals surface area contributed by atoms with E-state index in [1.54, 1.807) is 10.9 Å². The quantitative estimate of drug-likeness (QED) is 0.909. The molecule has 6 nitrogen and oxygen atoms in total. The highest BCUT2D eigenvalue weighted by molar-refractivity contribution is 5.70. The smallest absolute Gasteiger partial charge is 0.0774 e. The fourth-order valence-electron chi connectivity index (χ4n) is 2.36. The Labute approximate surface area is 118 Å². The van der Waals surface area contributed by atoms with Crippen molar-refractivity contribution in [3.63, 3.8) is 0 Å². The zero-order valence-corrected chi connectivity index (χ0v) is 11.6. The minimum Gasteiger partial charge on any atom is -0.378 e. The van der Waals surface area contributed by atoms with Crippen molar-refractivity contribution in [2.45, 2.75) is 6.54 Å². The number of nitrogens with zero attached hydrogens (tertiary/aromatic N) is 4. The summed E-state index contributed by atoms with van der Waals surface area (Å²) < 4.78 is 7.20. The van der Waals surface area contributed by atoms with Crippen LogP contribution in [-0.2, 0) is 18.3 Å². The van der Waals surface area contributed by atoms with E-state index in [4.69, 9.17) is 4.74 Å². The molecule has 1 aromatic carbocycles. The summed E-state index contributed by atoms with van der Waals surface area (Å²) in [5.41, 5.74) is 3.42. The van der Waals surface area contributed by atoms with Gasteiger partial charge in [-0.3, -0.25) is 4.68 Å². The maximum atomic E-state index is 5.41. The van der Waals surface area contributed by atoms with Crippen molar-refractivity contribution in [3.8, 4) is 0 Å². The van der Waals surface area contributed by atoms with Crippen LogP contribution < -0.4 is 10.2 Å². The summed E-state index contributed by atoms with van der Waals surface area (Å²) >= 11 is 0. The van der Waals surface area contributed by atoms with E-state index in [9.17, 15) is 0 Å². The van der Waals surface area contributed by atoms with Crippen LogP contribution in [0, 0.1) is 0 Å². The summed E-state index contributed by atoms with van der Waals surface area (Å²) in [6.07, 6.45) is 1.78. The molecule has 1 aliphatic heterocycles. The van der Waals surface area contributed by atoms with E-state index in [0.29, 0.717) is 6.54 Å². The summed E-state index contributed by atoms with van der Waals surface area (Å²) in [5, 5.41) is 11.3. The van der Waals surface area contributed by atoms with Crippen LogP contribution in [0.4, 0.5) is 11.4 Å². The van der Waals surface area contributed by atoms with Gasteiger partial charge in [0.15, 0.2) is 0 Å². The Balaban J connectivity index is 1.74. The first kappa shape index (κ1) is 12.9. The van der Waals surface area contributed by atoms with Crippen LogP contribution in [0.5, 0.6) is 0 Å². The van der Waals surface area contributed by atoms with Gasteiger partial charge in [-0.25, -0.2) is 0 Å². The number of hydrogen-bond donors (Lipinski definition) is 1. The van der Waals surface area contributed by atoms with Gasteiger partial charge in [-0.15, -0.1) is 5.10 Å². The monoisotopic (exact) mass is 273 g/mol. The Morgan fingerprint density at radius 2 is 2.05 bits per heavy atom. The van der Waals surface area contributed by atoms with Crippen molar-refractivity contribution in [2.75, 3.05) is 36.5 Å². The van der Waals surface area contributed by atoms with Crippen molar-refractivity contribution in [3.05, 3.63) is 36.2 Å². The number of nitrogens with one attached hydrogen (secondary N) is 1. The van der Waals surface area contributed by atoms with Crippen LogP contribution >= 0.6 is 0 Å². The largest absolute Gasteiger partial charge is 0.378 e. The maximum absolute atomic E-state index is 5.41. The Morgan fingerprint density at radius 3 is 2.80 bits per heavy atom. The highest BCUT2D eigenvalue weighted by atomic mass is 16.5. The molecular weight excluding hydrogens is 254 g/mol. The first-order chi connectivity index (χ1) is 9.84. The molecule has 0 radical (unpaired) electrons. The second-order valence-corrected chi connectivity index (χ2v) is 4.82. The third kappa shape index (κ3) is 2.75. The Hall–Kier alpha value is -2.08. The van der Waals surface area contributed by atoms with E-state index in [1.165, 1.54) is 5.69 Å². The zero-order chi connectivity index (χ0) is 13.8. The molecule has 6 heteroatoms. The van der Waals surface area contributed by atoms with Gasteiger partial charge in [-0.2, -0.15) is 0 Å². The number of ether oxygens (including phenoxy) is 1. The summed E-state index contributed by atoms with van der Waals surface area (Å²) in [5.74, 6) is 0. The van der Waals surface area contributed by atoms with Gasteiger partial charge < -0.3 is 15.0 Å². The minimum atomic E-state index is 0.713. The third-order valence-electron chi connectivity index (χ3n) is 3.52. The lowest BCUT2D eigenvalue weighted by molar-refractivity contribution is 0.123. The SMILES string of the molecule is Cn1nncc1CNc1ccccc1N1CCOCC1. The van der Waals surface area contributed by atoms with Crippen LogP contribution in [0.25, 0.3) is 0 Å². The van der Waals surface area contributed by atoms with Gasteiger partial charge >= 0.3 is 0 Å². The summed E-state index contributed by atoms with van der Waals surface area (Å²) in [6, 6.07) is 8.37. The number of morpholine rings is 1. The highest BCUT2D eigenvalue weighted by Gasteiger charge is 2.14. The molecule has 1 fully saturated rings. The second-order valence-electron chi connectivity index (χ2n) is 4.82.